The van der Waals surface area contributed by atoms with Crippen LogP contribution in [0.4, 0.5) is 4.79 Å². The second-order valence-electron chi connectivity index (χ2n) is 6.69. The average Bonchev–Trinajstić information content (AvgIpc) is 2.78. The molecule has 1 spiro atoms. The van der Waals surface area contributed by atoms with Gasteiger partial charge in [0.15, 0.2) is 0 Å². The van der Waals surface area contributed by atoms with E-state index in [0.29, 0.717) is 17.9 Å². The maximum absolute atomic E-state index is 12.8. The van der Waals surface area contributed by atoms with Gasteiger partial charge in [0.05, 0.1) is 0 Å². The second kappa shape index (κ2) is 7.04. The number of nitrogens with one attached hydrogen (secondary N) is 1. The Labute approximate surface area is 152 Å². The zero-order chi connectivity index (χ0) is 18.0. The summed E-state index contributed by atoms with van der Waals surface area (Å²) in [6.07, 6.45) is 4.28. The normalized spacial score (nSPS) is 19.6. The number of amides is 4. The summed E-state index contributed by atoms with van der Waals surface area (Å²) < 4.78 is 0. The Balaban J connectivity index is 1.64. The minimum absolute atomic E-state index is 0.243. The number of hydrogen-bond donors (Lipinski definition) is 1. The summed E-state index contributed by atoms with van der Waals surface area (Å²) in [6, 6.07) is 6.83. The average molecular weight is 364 g/mol. The third kappa shape index (κ3) is 3.23. The Kier molecular flexibility index (Phi) is 4.99. The molecule has 25 heavy (non-hydrogen) atoms. The summed E-state index contributed by atoms with van der Waals surface area (Å²) in [5.74, 6) is -0.615. The van der Waals surface area contributed by atoms with Crippen LogP contribution in [0.3, 0.4) is 0 Å². The third-order valence-corrected chi connectivity index (χ3v) is 5.59. The molecule has 1 aromatic carbocycles. The Morgan fingerprint density at radius 3 is 2.56 bits per heavy atom. The smallest absolute Gasteiger partial charge is 0.327 e. The van der Waals surface area contributed by atoms with Crippen molar-refractivity contribution in [1.82, 2.24) is 15.1 Å². The molecule has 2 aliphatic rings. The molecule has 2 fully saturated rings. The maximum Gasteiger partial charge on any atom is 0.327 e. The van der Waals surface area contributed by atoms with Crippen LogP contribution in [0.1, 0.15) is 37.7 Å². The van der Waals surface area contributed by atoms with Gasteiger partial charge in [-0.05, 0) is 24.5 Å². The quantitative estimate of drug-likeness (QED) is 0.836. The molecule has 1 N–H and O–H groups in total. The van der Waals surface area contributed by atoms with Gasteiger partial charge in [-0.2, -0.15) is 0 Å². The molecule has 1 aliphatic carbocycles. The van der Waals surface area contributed by atoms with Gasteiger partial charge in [-0.25, -0.2) is 4.79 Å². The van der Waals surface area contributed by atoms with Crippen LogP contribution in [-0.4, -0.2) is 46.8 Å². The van der Waals surface area contributed by atoms with Gasteiger partial charge in [-0.3, -0.25) is 14.5 Å². The summed E-state index contributed by atoms with van der Waals surface area (Å²) in [7, 11) is 1.66. The van der Waals surface area contributed by atoms with Crippen LogP contribution in [0.5, 0.6) is 0 Å². The van der Waals surface area contributed by atoms with E-state index in [1.54, 1.807) is 13.1 Å². The number of carbonyl (C=O) groups excluding carboxylic acids is 3. The lowest BCUT2D eigenvalue weighted by Crippen LogP contribution is -2.49. The first-order valence-corrected chi connectivity index (χ1v) is 8.93. The topological polar surface area (TPSA) is 69.7 Å². The van der Waals surface area contributed by atoms with Gasteiger partial charge in [0.2, 0.25) is 5.91 Å². The Morgan fingerprint density at radius 1 is 1.20 bits per heavy atom. The fourth-order valence-corrected chi connectivity index (χ4v) is 3.91. The van der Waals surface area contributed by atoms with E-state index < -0.39 is 5.54 Å². The van der Waals surface area contributed by atoms with Crippen molar-refractivity contribution in [1.29, 1.82) is 0 Å². The van der Waals surface area contributed by atoms with E-state index in [2.05, 4.69) is 5.32 Å². The van der Waals surface area contributed by atoms with Crippen molar-refractivity contribution in [2.75, 3.05) is 13.6 Å². The number of benzene rings is 1. The van der Waals surface area contributed by atoms with Gasteiger partial charge in [0, 0.05) is 18.6 Å². The number of hydrogen-bond acceptors (Lipinski definition) is 3. The van der Waals surface area contributed by atoms with Crippen LogP contribution in [-0.2, 0) is 16.1 Å². The highest BCUT2D eigenvalue weighted by atomic mass is 35.5. The van der Waals surface area contributed by atoms with Crippen molar-refractivity contribution in [2.24, 2.45) is 0 Å². The molecule has 1 saturated heterocycles. The highest BCUT2D eigenvalue weighted by Gasteiger charge is 2.55. The monoisotopic (exact) mass is 363 g/mol. The molecule has 4 amide bonds. The maximum atomic E-state index is 12.8. The number of nitrogens with zero attached hydrogens (tertiary/aromatic N) is 2. The van der Waals surface area contributed by atoms with E-state index in [9.17, 15) is 14.4 Å². The molecule has 0 unspecified atom stereocenters. The Hall–Kier alpha value is -2.08. The number of urea groups is 1. The standard InChI is InChI=1S/C18H22ClN3O3/c1-21-17(25)22(16(24)18(21)9-5-2-6-10-18)12-15(23)20-11-13-7-3-4-8-14(13)19/h3-4,7-8H,2,5-6,9-12H2,1H3,(H,20,23). The predicted molar refractivity (Wildman–Crippen MR) is 94.0 cm³/mol. The zero-order valence-corrected chi connectivity index (χ0v) is 15.0. The predicted octanol–water partition coefficient (Wildman–Crippen LogP) is 2.55. The molecule has 0 bridgehead atoms. The minimum Gasteiger partial charge on any atom is -0.350 e. The van der Waals surface area contributed by atoms with E-state index >= 15 is 0 Å². The largest absolute Gasteiger partial charge is 0.350 e. The molecular weight excluding hydrogens is 342 g/mol. The van der Waals surface area contributed by atoms with Gasteiger partial charge in [-0.1, -0.05) is 49.1 Å². The van der Waals surface area contributed by atoms with E-state index in [1.165, 1.54) is 4.90 Å². The number of likely N-dealkylation sites (N-methyl/N-ethyl adjacent to an activating group) is 1. The van der Waals surface area contributed by atoms with Crippen molar-refractivity contribution in [3.63, 3.8) is 0 Å². The lowest BCUT2D eigenvalue weighted by atomic mass is 9.81. The first-order chi connectivity index (χ1) is 12.0. The fourth-order valence-electron chi connectivity index (χ4n) is 3.71. The summed E-state index contributed by atoms with van der Waals surface area (Å²) in [4.78, 5) is 40.1. The summed E-state index contributed by atoms with van der Waals surface area (Å²) in [6.45, 7) is 0.00389. The summed E-state index contributed by atoms with van der Waals surface area (Å²) >= 11 is 6.06. The van der Waals surface area contributed by atoms with Crippen LogP contribution in [0.2, 0.25) is 5.02 Å². The van der Waals surface area contributed by atoms with Crippen LogP contribution >= 0.6 is 11.6 Å². The molecule has 1 aromatic rings. The molecule has 0 atom stereocenters. The second-order valence-corrected chi connectivity index (χ2v) is 7.10. The molecule has 3 rings (SSSR count). The van der Waals surface area contributed by atoms with Crippen molar-refractivity contribution in [3.05, 3.63) is 34.9 Å². The zero-order valence-electron chi connectivity index (χ0n) is 14.3. The number of rotatable bonds is 4. The fraction of sp³-hybridized carbons (Fsp3) is 0.500. The van der Waals surface area contributed by atoms with Gasteiger partial charge in [0.1, 0.15) is 12.1 Å². The lowest BCUT2D eigenvalue weighted by molar-refractivity contribution is -0.137. The molecule has 7 heteroatoms. The number of carbonyl (C=O) groups is 3. The van der Waals surface area contributed by atoms with Crippen LogP contribution in [0.15, 0.2) is 24.3 Å². The minimum atomic E-state index is -0.752. The first-order valence-electron chi connectivity index (χ1n) is 8.55. The highest BCUT2D eigenvalue weighted by Crippen LogP contribution is 2.39. The van der Waals surface area contributed by atoms with E-state index in [0.717, 1.165) is 29.7 Å². The Morgan fingerprint density at radius 2 is 1.88 bits per heavy atom. The van der Waals surface area contributed by atoms with Gasteiger partial charge in [0.25, 0.3) is 5.91 Å². The molecule has 0 radical (unpaired) electrons. The summed E-state index contributed by atoms with van der Waals surface area (Å²) in [5, 5.41) is 3.29. The van der Waals surface area contributed by atoms with Crippen molar-refractivity contribution >= 4 is 29.4 Å². The molecule has 1 aliphatic heterocycles. The van der Waals surface area contributed by atoms with Gasteiger partial charge in [-0.15, -0.1) is 0 Å². The molecular formula is C18H22ClN3O3. The van der Waals surface area contributed by atoms with Crippen molar-refractivity contribution in [3.8, 4) is 0 Å². The van der Waals surface area contributed by atoms with Crippen molar-refractivity contribution in [2.45, 2.75) is 44.2 Å². The first kappa shape index (κ1) is 17.7. The number of halogens is 1. The SMILES string of the molecule is CN1C(=O)N(CC(=O)NCc2ccccc2Cl)C(=O)C12CCCCC2. The molecule has 6 nitrogen and oxygen atoms in total. The Bertz CT molecular complexity index is 701. The van der Waals surface area contributed by atoms with Crippen molar-refractivity contribution < 1.29 is 14.4 Å². The molecule has 0 aromatic heterocycles. The molecule has 1 saturated carbocycles. The van der Waals surface area contributed by atoms with Crippen LogP contribution < -0.4 is 5.32 Å². The lowest BCUT2D eigenvalue weighted by Gasteiger charge is -2.35. The van der Waals surface area contributed by atoms with Gasteiger partial charge < -0.3 is 10.2 Å². The highest BCUT2D eigenvalue weighted by molar-refractivity contribution is 6.31. The van der Waals surface area contributed by atoms with Crippen LogP contribution in [0.25, 0.3) is 0 Å². The number of imide groups is 1. The summed E-state index contributed by atoms with van der Waals surface area (Å²) in [5.41, 5.74) is 0.0377. The molecule has 1 heterocycles. The van der Waals surface area contributed by atoms with E-state index in [4.69, 9.17) is 11.6 Å². The van der Waals surface area contributed by atoms with E-state index in [-0.39, 0.29) is 30.9 Å². The molecule has 134 valence electrons. The van der Waals surface area contributed by atoms with Crippen LogP contribution in [0, 0.1) is 0 Å². The van der Waals surface area contributed by atoms with Gasteiger partial charge >= 0.3 is 6.03 Å². The third-order valence-electron chi connectivity index (χ3n) is 5.22. The van der Waals surface area contributed by atoms with E-state index in [1.807, 2.05) is 18.2 Å².